The van der Waals surface area contributed by atoms with Crippen LogP contribution >= 0.6 is 11.6 Å². The van der Waals surface area contributed by atoms with Crippen LogP contribution in [0.3, 0.4) is 0 Å². The van der Waals surface area contributed by atoms with Gasteiger partial charge in [0.05, 0.1) is 17.8 Å². The van der Waals surface area contributed by atoms with Gasteiger partial charge >= 0.3 is 0 Å². The summed E-state index contributed by atoms with van der Waals surface area (Å²) < 4.78 is 1.83. The number of carbonyl (C=O) groups is 2. The van der Waals surface area contributed by atoms with Crippen LogP contribution in [0.4, 0.5) is 5.69 Å². The van der Waals surface area contributed by atoms with Crippen molar-refractivity contribution in [3.05, 3.63) is 76.1 Å². The first-order chi connectivity index (χ1) is 14.9. The van der Waals surface area contributed by atoms with Gasteiger partial charge < -0.3 is 10.6 Å². The van der Waals surface area contributed by atoms with Crippen LogP contribution in [0.2, 0.25) is 5.02 Å². The van der Waals surface area contributed by atoms with Crippen molar-refractivity contribution >= 4 is 29.1 Å². The number of rotatable bonds is 8. The average molecular weight is 439 g/mol. The minimum Gasteiger partial charge on any atom is -0.352 e. The maximum absolute atomic E-state index is 12.5. The maximum atomic E-state index is 12.5. The molecule has 0 aliphatic carbocycles. The van der Waals surface area contributed by atoms with Crippen LogP contribution in [0.1, 0.15) is 42.3 Å². The van der Waals surface area contributed by atoms with Gasteiger partial charge in [-0.1, -0.05) is 30.7 Å². The third kappa shape index (κ3) is 5.95. The predicted molar refractivity (Wildman–Crippen MR) is 124 cm³/mol. The first-order valence-corrected chi connectivity index (χ1v) is 10.7. The van der Waals surface area contributed by atoms with Crippen molar-refractivity contribution in [1.82, 2.24) is 15.1 Å². The van der Waals surface area contributed by atoms with Crippen molar-refractivity contribution in [1.29, 1.82) is 0 Å². The molecule has 0 fully saturated rings. The summed E-state index contributed by atoms with van der Waals surface area (Å²) in [6, 6.07) is 14.9. The third-order valence-electron chi connectivity index (χ3n) is 5.05. The molecule has 1 aromatic heterocycles. The summed E-state index contributed by atoms with van der Waals surface area (Å²) in [6.07, 6.45) is 1.58. The van der Waals surface area contributed by atoms with Crippen LogP contribution in [-0.2, 0) is 22.6 Å². The lowest BCUT2D eigenvalue weighted by atomic mass is 10.1. The topological polar surface area (TPSA) is 76.0 Å². The van der Waals surface area contributed by atoms with Gasteiger partial charge in [-0.05, 0) is 62.2 Å². The summed E-state index contributed by atoms with van der Waals surface area (Å²) >= 11 is 5.97. The molecular formula is C24H27ClN4O2. The van der Waals surface area contributed by atoms with E-state index in [-0.39, 0.29) is 18.2 Å². The normalized spacial score (nSPS) is 10.7. The summed E-state index contributed by atoms with van der Waals surface area (Å²) in [7, 11) is 0. The zero-order valence-corrected chi connectivity index (χ0v) is 18.8. The highest BCUT2D eigenvalue weighted by Gasteiger charge is 2.16. The summed E-state index contributed by atoms with van der Waals surface area (Å²) in [4.78, 5) is 24.2. The number of carbonyl (C=O) groups excluding carboxylic acids is 2. The Kier molecular flexibility index (Phi) is 7.47. The quantitative estimate of drug-likeness (QED) is 0.533. The number of halogens is 1. The zero-order valence-electron chi connectivity index (χ0n) is 18.0. The Morgan fingerprint density at radius 3 is 2.32 bits per heavy atom. The summed E-state index contributed by atoms with van der Waals surface area (Å²) in [5.74, 6) is -0.0596. The fourth-order valence-electron chi connectivity index (χ4n) is 3.34. The second-order valence-electron chi connectivity index (χ2n) is 7.49. The maximum Gasteiger partial charge on any atom is 0.224 e. The standard InChI is InChI=1S/C24H27ClN4O2/c1-4-5-23(30)27-20-10-6-18(7-11-20)15-26-24(31)14-22-16(2)28-29(17(22)3)21-12-8-19(25)9-13-21/h6-13H,4-5,14-15H2,1-3H3,(H,26,31)(H,27,30). The third-order valence-corrected chi connectivity index (χ3v) is 5.31. The van der Waals surface area contributed by atoms with Crippen molar-refractivity contribution < 1.29 is 9.59 Å². The molecule has 162 valence electrons. The SMILES string of the molecule is CCCC(=O)Nc1ccc(CNC(=O)Cc2c(C)nn(-c3ccc(Cl)cc3)c2C)cc1. The van der Waals surface area contributed by atoms with Crippen LogP contribution < -0.4 is 10.6 Å². The first kappa shape index (κ1) is 22.6. The van der Waals surface area contributed by atoms with Gasteiger partial charge in [0.15, 0.2) is 0 Å². The Hall–Kier alpha value is -3.12. The molecule has 0 unspecified atom stereocenters. The van der Waals surface area contributed by atoms with Gasteiger partial charge in [0, 0.05) is 34.9 Å². The molecule has 31 heavy (non-hydrogen) atoms. The Labute approximate surface area is 187 Å². The highest BCUT2D eigenvalue weighted by Crippen LogP contribution is 2.20. The van der Waals surface area contributed by atoms with Crippen LogP contribution in [-0.4, -0.2) is 21.6 Å². The molecule has 0 saturated heterocycles. The molecule has 2 amide bonds. The van der Waals surface area contributed by atoms with Crippen molar-refractivity contribution in [2.45, 2.75) is 46.6 Å². The van der Waals surface area contributed by atoms with Gasteiger partial charge in [-0.25, -0.2) is 4.68 Å². The van der Waals surface area contributed by atoms with Crippen LogP contribution in [0.15, 0.2) is 48.5 Å². The van der Waals surface area contributed by atoms with Crippen molar-refractivity contribution in [3.8, 4) is 5.69 Å². The van der Waals surface area contributed by atoms with Crippen molar-refractivity contribution in [3.63, 3.8) is 0 Å². The average Bonchev–Trinajstić information content (AvgIpc) is 3.02. The van der Waals surface area contributed by atoms with E-state index in [0.717, 1.165) is 40.3 Å². The molecular weight excluding hydrogens is 412 g/mol. The van der Waals surface area contributed by atoms with Crippen molar-refractivity contribution in [2.24, 2.45) is 0 Å². The number of nitrogens with zero attached hydrogens (tertiary/aromatic N) is 2. The Morgan fingerprint density at radius 2 is 1.68 bits per heavy atom. The number of nitrogens with one attached hydrogen (secondary N) is 2. The molecule has 0 atom stereocenters. The highest BCUT2D eigenvalue weighted by molar-refractivity contribution is 6.30. The van der Waals surface area contributed by atoms with Gasteiger partial charge in [-0.15, -0.1) is 0 Å². The number of aromatic nitrogens is 2. The number of benzene rings is 2. The Bertz CT molecular complexity index is 1060. The fraction of sp³-hybridized carbons (Fsp3) is 0.292. The Morgan fingerprint density at radius 1 is 1.00 bits per heavy atom. The molecule has 6 nitrogen and oxygen atoms in total. The van der Waals surface area contributed by atoms with Crippen molar-refractivity contribution in [2.75, 3.05) is 5.32 Å². The largest absolute Gasteiger partial charge is 0.352 e. The molecule has 0 aliphatic rings. The second-order valence-corrected chi connectivity index (χ2v) is 7.92. The molecule has 3 aromatic rings. The van der Waals surface area contributed by atoms with E-state index in [2.05, 4.69) is 15.7 Å². The lowest BCUT2D eigenvalue weighted by Crippen LogP contribution is -2.25. The van der Waals surface area contributed by atoms with Gasteiger partial charge in [0.25, 0.3) is 0 Å². The lowest BCUT2D eigenvalue weighted by molar-refractivity contribution is -0.120. The van der Waals surface area contributed by atoms with E-state index >= 15 is 0 Å². The monoisotopic (exact) mass is 438 g/mol. The Balaban J connectivity index is 1.59. The minimum atomic E-state index is -0.0674. The molecule has 0 aliphatic heterocycles. The van der Waals surface area contributed by atoms with E-state index in [1.807, 2.05) is 74.0 Å². The van der Waals surface area contributed by atoms with E-state index in [1.165, 1.54) is 0 Å². The molecule has 0 spiro atoms. The molecule has 0 radical (unpaired) electrons. The number of hydrogen-bond acceptors (Lipinski definition) is 3. The molecule has 0 bridgehead atoms. The number of anilines is 1. The number of hydrogen-bond donors (Lipinski definition) is 2. The van der Waals surface area contributed by atoms with Crippen LogP contribution in [0.25, 0.3) is 5.69 Å². The van der Waals surface area contributed by atoms with Crippen LogP contribution in [0, 0.1) is 13.8 Å². The lowest BCUT2D eigenvalue weighted by Gasteiger charge is -2.08. The molecule has 2 N–H and O–H groups in total. The summed E-state index contributed by atoms with van der Waals surface area (Å²) in [5.41, 5.74) is 5.31. The molecule has 7 heteroatoms. The zero-order chi connectivity index (χ0) is 22.4. The molecule has 2 aromatic carbocycles. The van der Waals surface area contributed by atoms with E-state index in [1.54, 1.807) is 0 Å². The predicted octanol–water partition coefficient (Wildman–Crippen LogP) is 4.74. The van der Waals surface area contributed by atoms with Gasteiger partial charge in [-0.2, -0.15) is 5.10 Å². The molecule has 3 rings (SSSR count). The fourth-order valence-corrected chi connectivity index (χ4v) is 3.47. The highest BCUT2D eigenvalue weighted by atomic mass is 35.5. The molecule has 1 heterocycles. The minimum absolute atomic E-state index is 0.00781. The van der Waals surface area contributed by atoms with Crippen LogP contribution in [0.5, 0.6) is 0 Å². The van der Waals surface area contributed by atoms with E-state index in [0.29, 0.717) is 18.0 Å². The van der Waals surface area contributed by atoms with E-state index in [9.17, 15) is 9.59 Å². The first-order valence-electron chi connectivity index (χ1n) is 10.3. The van der Waals surface area contributed by atoms with E-state index in [4.69, 9.17) is 11.6 Å². The molecule has 0 saturated carbocycles. The number of aryl methyl sites for hydroxylation is 1. The summed E-state index contributed by atoms with van der Waals surface area (Å²) in [5, 5.41) is 11.1. The van der Waals surface area contributed by atoms with Gasteiger partial charge in [0.2, 0.25) is 11.8 Å². The van der Waals surface area contributed by atoms with Gasteiger partial charge in [0.1, 0.15) is 0 Å². The smallest absolute Gasteiger partial charge is 0.224 e. The number of amides is 2. The van der Waals surface area contributed by atoms with E-state index < -0.39 is 0 Å². The van der Waals surface area contributed by atoms with Gasteiger partial charge in [-0.3, -0.25) is 9.59 Å². The summed E-state index contributed by atoms with van der Waals surface area (Å²) in [6.45, 7) is 6.26. The second kappa shape index (κ2) is 10.3.